The molecule has 1 aromatic rings. The van der Waals surface area contributed by atoms with Gasteiger partial charge < -0.3 is 5.32 Å². The summed E-state index contributed by atoms with van der Waals surface area (Å²) in [5.74, 6) is 0.784. The predicted molar refractivity (Wildman–Crippen MR) is 76.9 cm³/mol. The normalized spacial score (nSPS) is 19.4. The molecule has 0 amide bonds. The van der Waals surface area contributed by atoms with E-state index in [9.17, 15) is 0 Å². The average Bonchev–Trinajstić information content (AvgIpc) is 2.78. The van der Waals surface area contributed by atoms with Gasteiger partial charge in [-0.15, -0.1) is 11.3 Å². The van der Waals surface area contributed by atoms with Crippen molar-refractivity contribution in [2.45, 2.75) is 51.5 Å². The lowest BCUT2D eigenvalue weighted by atomic mass is 9.83. The molecule has 0 spiro atoms. The van der Waals surface area contributed by atoms with Crippen molar-refractivity contribution >= 4 is 22.9 Å². The zero-order valence-corrected chi connectivity index (χ0v) is 12.1. The van der Waals surface area contributed by atoms with Gasteiger partial charge in [0.1, 0.15) is 0 Å². The fourth-order valence-electron chi connectivity index (χ4n) is 2.77. The molecule has 1 N–H and O–H groups in total. The summed E-state index contributed by atoms with van der Waals surface area (Å²) in [5.41, 5.74) is 0. The van der Waals surface area contributed by atoms with E-state index >= 15 is 0 Å². The summed E-state index contributed by atoms with van der Waals surface area (Å²) in [6.07, 6.45) is 8.09. The first kappa shape index (κ1) is 13.4. The van der Waals surface area contributed by atoms with Gasteiger partial charge in [0.05, 0.1) is 5.02 Å². The van der Waals surface area contributed by atoms with Gasteiger partial charge in [-0.3, -0.25) is 0 Å². The van der Waals surface area contributed by atoms with E-state index in [1.54, 1.807) is 0 Å². The highest BCUT2D eigenvalue weighted by molar-refractivity contribution is 7.10. The van der Waals surface area contributed by atoms with Crippen molar-refractivity contribution in [3.05, 3.63) is 21.3 Å². The van der Waals surface area contributed by atoms with Gasteiger partial charge in [0.2, 0.25) is 0 Å². The standard InChI is InChI=1S/C14H22ClNS/c1-2-9-16-13(11-6-4-3-5-7-11)14-12(15)8-10-17-14/h8,10-11,13,16H,2-7,9H2,1H3. The van der Waals surface area contributed by atoms with Gasteiger partial charge in [0.15, 0.2) is 0 Å². The second-order valence-electron chi connectivity index (χ2n) is 4.96. The van der Waals surface area contributed by atoms with E-state index in [1.807, 2.05) is 17.4 Å². The smallest absolute Gasteiger partial charge is 0.0561 e. The van der Waals surface area contributed by atoms with Crippen molar-refractivity contribution in [3.63, 3.8) is 0 Å². The molecule has 1 unspecified atom stereocenters. The maximum absolute atomic E-state index is 6.30. The van der Waals surface area contributed by atoms with Gasteiger partial charge in [0.25, 0.3) is 0 Å². The number of rotatable bonds is 5. The third kappa shape index (κ3) is 3.46. The van der Waals surface area contributed by atoms with Crippen LogP contribution in [-0.4, -0.2) is 6.54 Å². The number of nitrogens with one attached hydrogen (secondary N) is 1. The van der Waals surface area contributed by atoms with Crippen LogP contribution in [0.25, 0.3) is 0 Å². The number of halogens is 1. The van der Waals surface area contributed by atoms with Crippen LogP contribution in [0.4, 0.5) is 0 Å². The fraction of sp³-hybridized carbons (Fsp3) is 0.714. The first-order valence-corrected chi connectivity index (χ1v) is 8.05. The lowest BCUT2D eigenvalue weighted by Crippen LogP contribution is -2.29. The molecule has 1 aliphatic carbocycles. The van der Waals surface area contributed by atoms with Crippen LogP contribution < -0.4 is 5.32 Å². The molecule has 0 aromatic carbocycles. The molecule has 0 saturated heterocycles. The highest BCUT2D eigenvalue weighted by Gasteiger charge is 2.26. The molecule has 1 saturated carbocycles. The SMILES string of the molecule is CCCNC(c1sccc1Cl)C1CCCCC1. The molecule has 1 atom stereocenters. The van der Waals surface area contributed by atoms with Gasteiger partial charge in [0, 0.05) is 10.9 Å². The Labute approximate surface area is 114 Å². The first-order chi connectivity index (χ1) is 8.33. The van der Waals surface area contributed by atoms with Crippen molar-refractivity contribution in [3.8, 4) is 0 Å². The van der Waals surface area contributed by atoms with E-state index in [0.29, 0.717) is 6.04 Å². The van der Waals surface area contributed by atoms with E-state index in [0.717, 1.165) is 17.5 Å². The fourth-order valence-corrected chi connectivity index (χ4v) is 4.11. The number of hydrogen-bond donors (Lipinski definition) is 1. The summed E-state index contributed by atoms with van der Waals surface area (Å²) in [4.78, 5) is 1.35. The third-order valence-corrected chi connectivity index (χ3v) is 5.10. The Kier molecular flexibility index (Phi) is 5.33. The summed E-state index contributed by atoms with van der Waals surface area (Å²) >= 11 is 8.11. The molecule has 1 fully saturated rings. The van der Waals surface area contributed by atoms with Crippen LogP contribution >= 0.6 is 22.9 Å². The molecule has 2 rings (SSSR count). The molecule has 1 nitrogen and oxygen atoms in total. The van der Waals surface area contributed by atoms with Gasteiger partial charge in [-0.2, -0.15) is 0 Å². The highest BCUT2D eigenvalue weighted by Crippen LogP contribution is 2.39. The molecule has 96 valence electrons. The second-order valence-corrected chi connectivity index (χ2v) is 6.32. The number of thiophene rings is 1. The third-order valence-electron chi connectivity index (χ3n) is 3.66. The quantitative estimate of drug-likeness (QED) is 0.793. The van der Waals surface area contributed by atoms with Crippen molar-refractivity contribution in [1.82, 2.24) is 5.32 Å². The first-order valence-electron chi connectivity index (χ1n) is 6.79. The highest BCUT2D eigenvalue weighted by atomic mass is 35.5. The van der Waals surface area contributed by atoms with E-state index in [4.69, 9.17) is 11.6 Å². The molecule has 1 heterocycles. The molecule has 0 bridgehead atoms. The van der Waals surface area contributed by atoms with Gasteiger partial charge in [-0.1, -0.05) is 37.8 Å². The molecule has 0 aliphatic heterocycles. The van der Waals surface area contributed by atoms with E-state index in [-0.39, 0.29) is 0 Å². The lowest BCUT2D eigenvalue weighted by Gasteiger charge is -2.30. The van der Waals surface area contributed by atoms with E-state index < -0.39 is 0 Å². The van der Waals surface area contributed by atoms with Gasteiger partial charge >= 0.3 is 0 Å². The zero-order chi connectivity index (χ0) is 12.1. The maximum Gasteiger partial charge on any atom is 0.0561 e. The summed E-state index contributed by atoms with van der Waals surface area (Å²) in [6.45, 7) is 3.32. The van der Waals surface area contributed by atoms with Crippen LogP contribution in [0.2, 0.25) is 5.02 Å². The maximum atomic E-state index is 6.30. The van der Waals surface area contributed by atoms with Crippen LogP contribution in [0.15, 0.2) is 11.4 Å². The van der Waals surface area contributed by atoms with Crippen LogP contribution in [0, 0.1) is 5.92 Å². The van der Waals surface area contributed by atoms with Crippen LogP contribution in [-0.2, 0) is 0 Å². The Bertz CT molecular complexity index is 331. The Morgan fingerprint density at radius 2 is 2.18 bits per heavy atom. The molecule has 1 aliphatic rings. The topological polar surface area (TPSA) is 12.0 Å². The van der Waals surface area contributed by atoms with Gasteiger partial charge in [-0.05, 0) is 43.2 Å². The minimum absolute atomic E-state index is 0.489. The summed E-state index contributed by atoms with van der Waals surface area (Å²) < 4.78 is 0. The van der Waals surface area contributed by atoms with Crippen LogP contribution in [0.1, 0.15) is 56.4 Å². The van der Waals surface area contributed by atoms with E-state index in [1.165, 1.54) is 43.4 Å². The molecular formula is C14H22ClNS. The monoisotopic (exact) mass is 271 g/mol. The minimum Gasteiger partial charge on any atom is -0.309 e. The largest absolute Gasteiger partial charge is 0.309 e. The summed E-state index contributed by atoms with van der Waals surface area (Å²) in [7, 11) is 0. The van der Waals surface area contributed by atoms with E-state index in [2.05, 4.69) is 17.6 Å². The second kappa shape index (κ2) is 6.77. The summed E-state index contributed by atoms with van der Waals surface area (Å²) in [6, 6.07) is 2.52. The Morgan fingerprint density at radius 1 is 1.41 bits per heavy atom. The predicted octanol–water partition coefficient (Wildman–Crippen LogP) is 5.02. The molecule has 17 heavy (non-hydrogen) atoms. The Hall–Kier alpha value is -0.0500. The Morgan fingerprint density at radius 3 is 2.76 bits per heavy atom. The van der Waals surface area contributed by atoms with Crippen molar-refractivity contribution in [2.75, 3.05) is 6.54 Å². The lowest BCUT2D eigenvalue weighted by molar-refractivity contribution is 0.275. The molecule has 3 heteroatoms. The molecule has 1 aromatic heterocycles. The average molecular weight is 272 g/mol. The van der Waals surface area contributed by atoms with Crippen molar-refractivity contribution < 1.29 is 0 Å². The van der Waals surface area contributed by atoms with Crippen LogP contribution in [0.3, 0.4) is 0 Å². The Balaban J connectivity index is 2.09. The number of hydrogen-bond acceptors (Lipinski definition) is 2. The van der Waals surface area contributed by atoms with Gasteiger partial charge in [-0.25, -0.2) is 0 Å². The molecular weight excluding hydrogens is 250 g/mol. The molecule has 0 radical (unpaired) electrons. The zero-order valence-electron chi connectivity index (χ0n) is 10.5. The summed E-state index contributed by atoms with van der Waals surface area (Å²) in [5, 5.41) is 6.77. The minimum atomic E-state index is 0.489. The van der Waals surface area contributed by atoms with Crippen molar-refractivity contribution in [2.24, 2.45) is 5.92 Å². The van der Waals surface area contributed by atoms with Crippen molar-refractivity contribution in [1.29, 1.82) is 0 Å². The van der Waals surface area contributed by atoms with Crippen LogP contribution in [0.5, 0.6) is 0 Å².